The van der Waals surface area contributed by atoms with Gasteiger partial charge in [0.25, 0.3) is 0 Å². The van der Waals surface area contributed by atoms with Crippen LogP contribution in [-0.4, -0.2) is 70.2 Å². The standard InChI is InChI=1S/C15H21N3O3/c19-13-10-4-1-7-16(10)14(20)11-5-2-9-18(11)15(21)12-6-3-8-17(12)13/h10-12H,1-9H2/t10-,11-,12+/m0/s1. The van der Waals surface area contributed by atoms with E-state index in [4.69, 9.17) is 0 Å². The number of carbonyl (C=O) groups excluding carboxylic acids is 3. The molecule has 4 rings (SSSR count). The molecule has 4 heterocycles. The molecule has 4 fully saturated rings. The molecule has 0 aliphatic carbocycles. The second kappa shape index (κ2) is 4.71. The highest BCUT2D eigenvalue weighted by Gasteiger charge is 2.49. The minimum Gasteiger partial charge on any atom is -0.329 e. The Labute approximate surface area is 124 Å². The lowest BCUT2D eigenvalue weighted by molar-refractivity contribution is -0.144. The molecular weight excluding hydrogens is 270 g/mol. The first-order valence-corrected chi connectivity index (χ1v) is 8.10. The molecule has 0 aromatic rings. The SMILES string of the molecule is O=C1[C@@H]2CCCN2C(=O)[C@@H]2CCCN2C(=O)[C@H]2CCCN12. The molecule has 114 valence electrons. The quantitative estimate of drug-likeness (QED) is 0.630. The Morgan fingerprint density at radius 2 is 0.857 bits per heavy atom. The molecule has 3 atom stereocenters. The molecule has 21 heavy (non-hydrogen) atoms. The third-order valence-electron chi connectivity index (χ3n) is 5.46. The summed E-state index contributed by atoms with van der Waals surface area (Å²) in [6.07, 6.45) is 4.90. The highest BCUT2D eigenvalue weighted by atomic mass is 16.2. The molecule has 0 aromatic carbocycles. The number of hydrogen-bond acceptors (Lipinski definition) is 3. The summed E-state index contributed by atoms with van der Waals surface area (Å²) in [6.45, 7) is 1.98. The lowest BCUT2D eigenvalue weighted by Crippen LogP contribution is -2.50. The van der Waals surface area contributed by atoms with Crippen LogP contribution in [0.3, 0.4) is 0 Å². The molecule has 4 aliphatic heterocycles. The van der Waals surface area contributed by atoms with Gasteiger partial charge in [0.1, 0.15) is 18.1 Å². The largest absolute Gasteiger partial charge is 0.329 e. The van der Waals surface area contributed by atoms with Gasteiger partial charge in [-0.05, 0) is 38.5 Å². The van der Waals surface area contributed by atoms with Crippen LogP contribution < -0.4 is 0 Å². The summed E-state index contributed by atoms with van der Waals surface area (Å²) in [5.74, 6) is -0.00591. The number of rotatable bonds is 0. The molecule has 0 spiro atoms. The van der Waals surface area contributed by atoms with Crippen LogP contribution in [0.1, 0.15) is 38.5 Å². The Kier molecular flexibility index (Phi) is 2.94. The zero-order valence-corrected chi connectivity index (χ0v) is 12.2. The number of fused-ring (bicyclic) bond motifs is 3. The maximum Gasteiger partial charge on any atom is 0.246 e. The smallest absolute Gasteiger partial charge is 0.246 e. The van der Waals surface area contributed by atoms with Crippen LogP contribution in [0.15, 0.2) is 0 Å². The highest BCUT2D eigenvalue weighted by Crippen LogP contribution is 2.32. The van der Waals surface area contributed by atoms with Gasteiger partial charge >= 0.3 is 0 Å². The predicted octanol–water partition coefficient (Wildman–Crippen LogP) is -0.0270. The molecule has 6 nitrogen and oxygen atoms in total. The molecule has 0 bridgehead atoms. The molecule has 0 radical (unpaired) electrons. The van der Waals surface area contributed by atoms with Gasteiger partial charge in [0.05, 0.1) is 0 Å². The van der Waals surface area contributed by atoms with Crippen molar-refractivity contribution in [2.24, 2.45) is 0 Å². The molecule has 0 N–H and O–H groups in total. The van der Waals surface area contributed by atoms with Crippen LogP contribution in [0.2, 0.25) is 0 Å². The van der Waals surface area contributed by atoms with Crippen LogP contribution in [-0.2, 0) is 14.4 Å². The minimum atomic E-state index is -0.327. The van der Waals surface area contributed by atoms with Crippen LogP contribution in [0.5, 0.6) is 0 Å². The van der Waals surface area contributed by atoms with E-state index in [1.807, 2.05) is 0 Å². The van der Waals surface area contributed by atoms with Crippen molar-refractivity contribution in [2.45, 2.75) is 56.7 Å². The Hall–Kier alpha value is -1.59. The average molecular weight is 291 g/mol. The van der Waals surface area contributed by atoms with E-state index in [0.29, 0.717) is 19.6 Å². The lowest BCUT2D eigenvalue weighted by atomic mass is 10.1. The number of amides is 3. The Morgan fingerprint density at radius 1 is 0.571 bits per heavy atom. The van der Waals surface area contributed by atoms with Gasteiger partial charge in [-0.15, -0.1) is 0 Å². The molecule has 6 heteroatoms. The van der Waals surface area contributed by atoms with E-state index in [9.17, 15) is 14.4 Å². The van der Waals surface area contributed by atoms with E-state index < -0.39 is 0 Å². The number of hydrogen-bond donors (Lipinski definition) is 0. The fourth-order valence-corrected chi connectivity index (χ4v) is 4.44. The van der Waals surface area contributed by atoms with Crippen molar-refractivity contribution in [3.8, 4) is 0 Å². The fourth-order valence-electron chi connectivity index (χ4n) is 4.44. The monoisotopic (exact) mass is 291 g/mol. The summed E-state index contributed by atoms with van der Waals surface area (Å²) in [5.41, 5.74) is 0. The van der Waals surface area contributed by atoms with Crippen LogP contribution in [0, 0.1) is 0 Å². The Bertz CT molecular complexity index is 399. The number of carbonyl (C=O) groups is 3. The van der Waals surface area contributed by atoms with E-state index in [1.165, 1.54) is 0 Å². The summed E-state index contributed by atoms with van der Waals surface area (Å²) in [4.78, 5) is 43.6. The lowest BCUT2D eigenvalue weighted by Gasteiger charge is -2.29. The van der Waals surface area contributed by atoms with Crippen molar-refractivity contribution in [3.05, 3.63) is 0 Å². The van der Waals surface area contributed by atoms with Crippen LogP contribution in [0.4, 0.5) is 0 Å². The third-order valence-corrected chi connectivity index (χ3v) is 5.46. The van der Waals surface area contributed by atoms with Gasteiger partial charge in [-0.2, -0.15) is 0 Å². The Morgan fingerprint density at radius 3 is 1.14 bits per heavy atom. The van der Waals surface area contributed by atoms with Gasteiger partial charge < -0.3 is 14.7 Å². The summed E-state index contributed by atoms with van der Waals surface area (Å²) in [7, 11) is 0. The molecule has 0 unspecified atom stereocenters. The summed E-state index contributed by atoms with van der Waals surface area (Å²) in [5, 5.41) is 0. The van der Waals surface area contributed by atoms with Crippen molar-refractivity contribution in [2.75, 3.05) is 19.6 Å². The van der Waals surface area contributed by atoms with Gasteiger partial charge in [0, 0.05) is 19.6 Å². The van der Waals surface area contributed by atoms with Gasteiger partial charge in [0.2, 0.25) is 17.7 Å². The zero-order valence-electron chi connectivity index (χ0n) is 12.2. The van der Waals surface area contributed by atoms with Gasteiger partial charge in [-0.3, -0.25) is 14.4 Å². The van der Waals surface area contributed by atoms with Gasteiger partial charge in [-0.1, -0.05) is 0 Å². The second-order valence-electron chi connectivity index (χ2n) is 6.57. The van der Waals surface area contributed by atoms with Crippen molar-refractivity contribution in [1.82, 2.24) is 14.7 Å². The zero-order chi connectivity index (χ0) is 14.6. The molecular formula is C15H21N3O3. The third kappa shape index (κ3) is 1.80. The van der Waals surface area contributed by atoms with E-state index >= 15 is 0 Å². The van der Waals surface area contributed by atoms with E-state index in [-0.39, 0.29) is 35.8 Å². The van der Waals surface area contributed by atoms with Gasteiger partial charge in [-0.25, -0.2) is 0 Å². The summed E-state index contributed by atoms with van der Waals surface area (Å²) >= 11 is 0. The summed E-state index contributed by atoms with van der Waals surface area (Å²) in [6, 6.07) is -0.982. The molecule has 0 saturated carbocycles. The van der Waals surface area contributed by atoms with E-state index in [2.05, 4.69) is 0 Å². The van der Waals surface area contributed by atoms with Gasteiger partial charge in [0.15, 0.2) is 0 Å². The fraction of sp³-hybridized carbons (Fsp3) is 0.800. The van der Waals surface area contributed by atoms with Crippen molar-refractivity contribution < 1.29 is 14.4 Å². The normalized spacial score (nSPS) is 36.3. The topological polar surface area (TPSA) is 60.9 Å². The molecule has 0 aromatic heterocycles. The van der Waals surface area contributed by atoms with Crippen LogP contribution in [0.25, 0.3) is 0 Å². The maximum absolute atomic E-state index is 12.8. The number of nitrogens with zero attached hydrogens (tertiary/aromatic N) is 3. The first kappa shape index (κ1) is 13.1. The van der Waals surface area contributed by atoms with Crippen LogP contribution >= 0.6 is 0 Å². The van der Waals surface area contributed by atoms with Crippen molar-refractivity contribution in [1.29, 1.82) is 0 Å². The second-order valence-corrected chi connectivity index (χ2v) is 6.57. The predicted molar refractivity (Wildman–Crippen MR) is 74.2 cm³/mol. The summed E-state index contributed by atoms with van der Waals surface area (Å²) < 4.78 is 0. The molecule has 4 aliphatic rings. The minimum absolute atomic E-state index is 0.00197. The van der Waals surface area contributed by atoms with Crippen molar-refractivity contribution in [3.63, 3.8) is 0 Å². The maximum atomic E-state index is 12.8. The van der Waals surface area contributed by atoms with E-state index in [1.54, 1.807) is 14.7 Å². The van der Waals surface area contributed by atoms with E-state index in [0.717, 1.165) is 38.5 Å². The first-order valence-electron chi connectivity index (χ1n) is 8.10. The molecule has 3 amide bonds. The molecule has 4 saturated heterocycles. The Balaban J connectivity index is 1.76. The van der Waals surface area contributed by atoms with Crippen molar-refractivity contribution >= 4 is 17.7 Å². The average Bonchev–Trinajstić information content (AvgIpc) is 3.22. The highest BCUT2D eigenvalue weighted by molar-refractivity contribution is 5.98. The first-order chi connectivity index (χ1) is 10.2.